The number of hydrogen-bond donors (Lipinski definition) is 0. The molecule has 5 heteroatoms. The SMILES string of the molecule is CC1(C)c2ccccc2-c2cc3c(cc21)Oc1ccc(-c2cccc(-c4nc(-c5ccccc5)nc(-c5cccc(-c6ccccc6)c5)n4)c2)cc1O3. The van der Waals surface area contributed by atoms with Crippen molar-refractivity contribution in [2.75, 3.05) is 0 Å². The smallest absolute Gasteiger partial charge is 0.170 e. The molecule has 0 atom stereocenters. The Morgan fingerprint density at radius 1 is 0.340 bits per heavy atom. The molecule has 5 nitrogen and oxygen atoms in total. The lowest BCUT2D eigenvalue weighted by molar-refractivity contribution is 0.359. The number of ether oxygens (including phenoxy) is 2. The standard InChI is InChI=1S/C48H33N3O2/c1-48(2)39-22-10-9-21-37(39)38-28-43-44(29-40(38)48)52-41-24-23-34(27-42(41)53-43)33-18-12-20-36(26-33)47-50-45(31-15-7-4-8-16-31)49-46(51-47)35-19-11-17-32(25-35)30-13-5-3-6-14-30/h3-29H,1-2H3. The molecular weight excluding hydrogens is 651 g/mol. The summed E-state index contributed by atoms with van der Waals surface area (Å²) in [6, 6.07) is 56.1. The maximum Gasteiger partial charge on any atom is 0.170 e. The zero-order chi connectivity index (χ0) is 35.5. The van der Waals surface area contributed by atoms with Gasteiger partial charge in [0.05, 0.1) is 0 Å². The molecule has 7 aromatic carbocycles. The third kappa shape index (κ3) is 5.37. The van der Waals surface area contributed by atoms with Gasteiger partial charge in [-0.25, -0.2) is 15.0 Å². The molecule has 0 saturated carbocycles. The third-order valence-corrected chi connectivity index (χ3v) is 10.4. The molecule has 0 spiro atoms. The molecule has 1 aliphatic carbocycles. The Kier molecular flexibility index (Phi) is 7.08. The maximum absolute atomic E-state index is 6.58. The molecule has 1 aromatic heterocycles. The molecule has 1 aliphatic heterocycles. The Morgan fingerprint density at radius 3 is 1.53 bits per heavy atom. The van der Waals surface area contributed by atoms with E-state index in [-0.39, 0.29) is 5.41 Å². The number of benzene rings is 7. The van der Waals surface area contributed by atoms with Crippen molar-refractivity contribution in [1.82, 2.24) is 15.0 Å². The summed E-state index contributed by atoms with van der Waals surface area (Å²) in [7, 11) is 0. The molecule has 0 saturated heterocycles. The summed E-state index contributed by atoms with van der Waals surface area (Å²) in [5.74, 6) is 4.67. The van der Waals surface area contributed by atoms with E-state index < -0.39 is 0 Å². The summed E-state index contributed by atoms with van der Waals surface area (Å²) in [5.41, 5.74) is 11.9. The van der Waals surface area contributed by atoms with E-state index in [0.717, 1.165) is 50.4 Å². The Bertz CT molecular complexity index is 2700. The molecule has 252 valence electrons. The van der Waals surface area contributed by atoms with Crippen LogP contribution in [-0.4, -0.2) is 15.0 Å². The van der Waals surface area contributed by atoms with E-state index >= 15 is 0 Å². The summed E-state index contributed by atoms with van der Waals surface area (Å²) in [5, 5.41) is 0. The van der Waals surface area contributed by atoms with Crippen LogP contribution in [0.4, 0.5) is 0 Å². The van der Waals surface area contributed by atoms with Gasteiger partial charge < -0.3 is 9.47 Å². The molecule has 2 heterocycles. The van der Waals surface area contributed by atoms with Crippen LogP contribution in [-0.2, 0) is 5.41 Å². The molecule has 2 aliphatic rings. The number of fused-ring (bicyclic) bond motifs is 5. The van der Waals surface area contributed by atoms with Crippen LogP contribution < -0.4 is 9.47 Å². The minimum atomic E-state index is -0.118. The summed E-state index contributed by atoms with van der Waals surface area (Å²) >= 11 is 0. The van der Waals surface area contributed by atoms with Crippen LogP contribution in [0.25, 0.3) is 67.5 Å². The normalized spacial score (nSPS) is 13.2. The van der Waals surface area contributed by atoms with E-state index in [4.69, 9.17) is 24.4 Å². The van der Waals surface area contributed by atoms with Crippen LogP contribution in [0.2, 0.25) is 0 Å². The van der Waals surface area contributed by atoms with Crippen LogP contribution >= 0.6 is 0 Å². The number of nitrogens with zero attached hydrogens (tertiary/aromatic N) is 3. The van der Waals surface area contributed by atoms with Gasteiger partial charge >= 0.3 is 0 Å². The predicted octanol–water partition coefficient (Wildman–Crippen LogP) is 12.4. The minimum Gasteiger partial charge on any atom is -0.450 e. The van der Waals surface area contributed by atoms with Crippen molar-refractivity contribution in [2.24, 2.45) is 0 Å². The summed E-state index contributed by atoms with van der Waals surface area (Å²) < 4.78 is 13.0. The number of hydrogen-bond acceptors (Lipinski definition) is 5. The van der Waals surface area contributed by atoms with Gasteiger partial charge in [-0.05, 0) is 80.9 Å². The van der Waals surface area contributed by atoms with Gasteiger partial charge in [0.25, 0.3) is 0 Å². The van der Waals surface area contributed by atoms with Crippen molar-refractivity contribution < 1.29 is 9.47 Å². The van der Waals surface area contributed by atoms with E-state index in [2.05, 4.69) is 117 Å². The maximum atomic E-state index is 6.58. The fraction of sp³-hybridized carbons (Fsp3) is 0.0625. The first-order valence-corrected chi connectivity index (χ1v) is 17.8. The molecule has 53 heavy (non-hydrogen) atoms. The molecule has 0 bridgehead atoms. The summed E-state index contributed by atoms with van der Waals surface area (Å²) in [4.78, 5) is 15.0. The second-order valence-corrected chi connectivity index (χ2v) is 14.1. The predicted molar refractivity (Wildman–Crippen MR) is 211 cm³/mol. The Hall–Kier alpha value is -6.85. The van der Waals surface area contributed by atoms with E-state index in [0.29, 0.717) is 29.0 Å². The minimum absolute atomic E-state index is 0.118. The molecular formula is C48H33N3O2. The monoisotopic (exact) mass is 683 g/mol. The first-order valence-electron chi connectivity index (χ1n) is 17.8. The van der Waals surface area contributed by atoms with Crippen LogP contribution in [0.15, 0.2) is 164 Å². The fourth-order valence-electron chi connectivity index (χ4n) is 7.61. The van der Waals surface area contributed by atoms with Crippen molar-refractivity contribution in [3.63, 3.8) is 0 Å². The first-order chi connectivity index (χ1) is 26.0. The van der Waals surface area contributed by atoms with Crippen LogP contribution in [0.1, 0.15) is 25.0 Å². The van der Waals surface area contributed by atoms with Crippen molar-refractivity contribution in [3.8, 4) is 90.5 Å². The average molecular weight is 684 g/mol. The van der Waals surface area contributed by atoms with E-state index in [9.17, 15) is 0 Å². The third-order valence-electron chi connectivity index (χ3n) is 10.4. The first kappa shape index (κ1) is 30.9. The lowest BCUT2D eigenvalue weighted by atomic mass is 9.82. The van der Waals surface area contributed by atoms with Crippen LogP contribution in [0.5, 0.6) is 23.0 Å². The Balaban J connectivity index is 1.01. The fourth-order valence-corrected chi connectivity index (χ4v) is 7.61. The van der Waals surface area contributed by atoms with Crippen molar-refractivity contribution >= 4 is 0 Å². The van der Waals surface area contributed by atoms with Crippen molar-refractivity contribution in [3.05, 3.63) is 175 Å². The van der Waals surface area contributed by atoms with Gasteiger partial charge in [-0.1, -0.05) is 141 Å². The molecule has 8 aromatic rings. The van der Waals surface area contributed by atoms with Gasteiger partial charge in [-0.2, -0.15) is 0 Å². The van der Waals surface area contributed by atoms with Gasteiger partial charge in [0, 0.05) is 22.1 Å². The highest BCUT2D eigenvalue weighted by atomic mass is 16.6. The number of aromatic nitrogens is 3. The lowest BCUT2D eigenvalue weighted by Gasteiger charge is -2.25. The van der Waals surface area contributed by atoms with Gasteiger partial charge in [-0.15, -0.1) is 0 Å². The highest BCUT2D eigenvalue weighted by Gasteiger charge is 2.37. The van der Waals surface area contributed by atoms with Gasteiger partial charge in [0.2, 0.25) is 0 Å². The second-order valence-electron chi connectivity index (χ2n) is 14.1. The van der Waals surface area contributed by atoms with E-state index in [1.165, 1.54) is 22.3 Å². The zero-order valence-corrected chi connectivity index (χ0v) is 29.2. The van der Waals surface area contributed by atoms with Crippen molar-refractivity contribution in [1.29, 1.82) is 0 Å². The van der Waals surface area contributed by atoms with Gasteiger partial charge in [-0.3, -0.25) is 0 Å². The lowest BCUT2D eigenvalue weighted by Crippen LogP contribution is -2.15. The molecule has 0 radical (unpaired) electrons. The molecule has 0 fully saturated rings. The van der Waals surface area contributed by atoms with Crippen molar-refractivity contribution in [2.45, 2.75) is 19.3 Å². The van der Waals surface area contributed by atoms with Crippen LogP contribution in [0.3, 0.4) is 0 Å². The van der Waals surface area contributed by atoms with Gasteiger partial charge in [0.15, 0.2) is 40.5 Å². The zero-order valence-electron chi connectivity index (χ0n) is 29.2. The Labute approximate surface area is 308 Å². The number of rotatable bonds is 5. The molecule has 10 rings (SSSR count). The van der Waals surface area contributed by atoms with Crippen LogP contribution in [0, 0.1) is 0 Å². The van der Waals surface area contributed by atoms with E-state index in [1.807, 2.05) is 60.7 Å². The highest BCUT2D eigenvalue weighted by Crippen LogP contribution is 2.55. The molecule has 0 amide bonds. The summed E-state index contributed by atoms with van der Waals surface area (Å²) in [6.45, 7) is 4.54. The topological polar surface area (TPSA) is 57.1 Å². The molecule has 0 unspecified atom stereocenters. The van der Waals surface area contributed by atoms with Gasteiger partial charge in [0.1, 0.15) is 0 Å². The second kappa shape index (κ2) is 12.1. The molecule has 0 N–H and O–H groups in total. The average Bonchev–Trinajstić information content (AvgIpc) is 3.44. The largest absolute Gasteiger partial charge is 0.450 e. The highest BCUT2D eigenvalue weighted by molar-refractivity contribution is 5.84. The quantitative estimate of drug-likeness (QED) is 0.181. The Morgan fingerprint density at radius 2 is 0.830 bits per heavy atom. The summed E-state index contributed by atoms with van der Waals surface area (Å²) in [6.07, 6.45) is 0. The van der Waals surface area contributed by atoms with E-state index in [1.54, 1.807) is 0 Å².